The highest BCUT2D eigenvalue weighted by Gasteiger charge is 2.13. The van der Waals surface area contributed by atoms with Crippen molar-refractivity contribution in [3.05, 3.63) is 12.7 Å². The van der Waals surface area contributed by atoms with Crippen LogP contribution in [0.2, 0.25) is 0 Å². The number of hydrogen-bond donors (Lipinski definition) is 2. The molecule has 0 atom stereocenters. The lowest BCUT2D eigenvalue weighted by Gasteiger charge is -2.13. The largest absolute Gasteiger partial charge is 0.356 e. The number of carbonyl (C=O) groups excluding carboxylic acids is 1. The molecule has 0 aromatic rings. The smallest absolute Gasteiger partial charge is 0.243 e. The fourth-order valence-electron chi connectivity index (χ4n) is 2.70. The first kappa shape index (κ1) is 22.2. The molecule has 6 heteroatoms. The summed E-state index contributed by atoms with van der Waals surface area (Å²) in [6.45, 7) is 5.40. The minimum Gasteiger partial charge on any atom is -0.356 e. The van der Waals surface area contributed by atoms with Crippen LogP contribution in [0.15, 0.2) is 17.6 Å². The number of nitrogens with zero attached hydrogens (tertiary/aromatic N) is 2. The van der Waals surface area contributed by atoms with E-state index in [9.17, 15) is 4.79 Å². The highest BCUT2D eigenvalue weighted by Crippen LogP contribution is 2.28. The maximum absolute atomic E-state index is 11.6. The van der Waals surface area contributed by atoms with E-state index < -0.39 is 0 Å². The summed E-state index contributed by atoms with van der Waals surface area (Å²) in [5, 5.41) is 6.44. The number of likely N-dealkylation sites (N-methyl/N-ethyl adjacent to an activating group) is 1. The first-order valence-corrected chi connectivity index (χ1v) is 8.46. The van der Waals surface area contributed by atoms with Gasteiger partial charge in [0.25, 0.3) is 0 Å². The van der Waals surface area contributed by atoms with Crippen molar-refractivity contribution >= 4 is 35.8 Å². The first-order chi connectivity index (χ1) is 10.6. The Hall–Kier alpha value is -0.790. The molecule has 23 heavy (non-hydrogen) atoms. The van der Waals surface area contributed by atoms with Crippen LogP contribution in [0.3, 0.4) is 0 Å². The van der Waals surface area contributed by atoms with Gasteiger partial charge in [0, 0.05) is 27.2 Å². The van der Waals surface area contributed by atoms with Gasteiger partial charge in [0.15, 0.2) is 5.96 Å². The molecule has 0 unspecified atom stereocenters. The Morgan fingerprint density at radius 3 is 2.57 bits per heavy atom. The number of amides is 1. The van der Waals surface area contributed by atoms with Crippen molar-refractivity contribution in [2.45, 2.75) is 44.9 Å². The second-order valence-corrected chi connectivity index (χ2v) is 6.20. The molecule has 0 radical (unpaired) electrons. The second-order valence-electron chi connectivity index (χ2n) is 6.20. The third kappa shape index (κ3) is 10.6. The SMILES string of the molecule is C=CCNC(=NCC(=O)N(C)C)NCCCCC1CCCC1.I. The van der Waals surface area contributed by atoms with Crippen molar-refractivity contribution in [3.8, 4) is 0 Å². The minimum atomic E-state index is 0. The number of aliphatic imine (C=N–C) groups is 1. The first-order valence-electron chi connectivity index (χ1n) is 8.46. The number of hydrogen-bond acceptors (Lipinski definition) is 2. The predicted octanol–water partition coefficient (Wildman–Crippen LogP) is 2.77. The van der Waals surface area contributed by atoms with E-state index in [1.807, 2.05) is 0 Å². The zero-order valence-corrected chi connectivity index (χ0v) is 17.0. The molecule has 1 aliphatic rings. The summed E-state index contributed by atoms with van der Waals surface area (Å²) < 4.78 is 0. The molecule has 1 saturated carbocycles. The van der Waals surface area contributed by atoms with E-state index in [0.717, 1.165) is 18.9 Å². The lowest BCUT2D eigenvalue weighted by Crippen LogP contribution is -2.39. The van der Waals surface area contributed by atoms with Gasteiger partial charge < -0.3 is 15.5 Å². The lowest BCUT2D eigenvalue weighted by molar-refractivity contribution is -0.127. The van der Waals surface area contributed by atoms with Crippen molar-refractivity contribution in [2.24, 2.45) is 10.9 Å². The van der Waals surface area contributed by atoms with Gasteiger partial charge in [-0.15, -0.1) is 30.6 Å². The van der Waals surface area contributed by atoms with E-state index in [1.165, 1.54) is 38.5 Å². The van der Waals surface area contributed by atoms with Crippen molar-refractivity contribution in [2.75, 3.05) is 33.7 Å². The molecule has 1 fully saturated rings. The minimum absolute atomic E-state index is 0. The van der Waals surface area contributed by atoms with Gasteiger partial charge in [-0.25, -0.2) is 4.99 Å². The van der Waals surface area contributed by atoms with Crippen LogP contribution in [-0.2, 0) is 4.79 Å². The standard InChI is InChI=1S/C17H32N4O.HI/c1-4-12-18-17(20-14-16(22)21(2)3)19-13-8-7-11-15-9-5-6-10-15;/h4,15H,1,5-14H2,2-3H3,(H2,18,19,20);1H. The molecular weight excluding hydrogens is 403 g/mol. The van der Waals surface area contributed by atoms with E-state index >= 15 is 0 Å². The molecule has 2 N–H and O–H groups in total. The number of halogens is 1. The van der Waals surface area contributed by atoms with Gasteiger partial charge in [-0.3, -0.25) is 4.79 Å². The fraction of sp³-hybridized carbons (Fsp3) is 0.765. The number of guanidine groups is 1. The third-order valence-electron chi connectivity index (χ3n) is 4.09. The Kier molecular flexibility index (Phi) is 13.2. The van der Waals surface area contributed by atoms with Gasteiger partial charge in [0.1, 0.15) is 6.54 Å². The maximum Gasteiger partial charge on any atom is 0.243 e. The maximum atomic E-state index is 11.6. The molecule has 0 aromatic heterocycles. The predicted molar refractivity (Wildman–Crippen MR) is 108 cm³/mol. The summed E-state index contributed by atoms with van der Waals surface area (Å²) in [4.78, 5) is 17.5. The Morgan fingerprint density at radius 2 is 1.96 bits per heavy atom. The van der Waals surface area contributed by atoms with Crippen molar-refractivity contribution in [1.29, 1.82) is 0 Å². The molecule has 0 bridgehead atoms. The highest BCUT2D eigenvalue weighted by molar-refractivity contribution is 14.0. The van der Waals surface area contributed by atoms with Crippen LogP contribution in [0.25, 0.3) is 0 Å². The molecule has 1 amide bonds. The second kappa shape index (κ2) is 13.6. The van der Waals surface area contributed by atoms with Gasteiger partial charge in [-0.2, -0.15) is 0 Å². The summed E-state index contributed by atoms with van der Waals surface area (Å²) in [6.07, 6.45) is 11.2. The average molecular weight is 436 g/mol. The average Bonchev–Trinajstić information content (AvgIpc) is 3.01. The van der Waals surface area contributed by atoms with Gasteiger partial charge in [0.05, 0.1) is 0 Å². The van der Waals surface area contributed by atoms with E-state index in [4.69, 9.17) is 0 Å². The Labute approximate surface area is 158 Å². The van der Waals surface area contributed by atoms with Crippen LogP contribution in [0, 0.1) is 5.92 Å². The van der Waals surface area contributed by atoms with Gasteiger partial charge in [-0.1, -0.05) is 44.6 Å². The summed E-state index contributed by atoms with van der Waals surface area (Å²) in [7, 11) is 3.48. The lowest BCUT2D eigenvalue weighted by atomic mass is 10.0. The van der Waals surface area contributed by atoms with Crippen LogP contribution in [0.5, 0.6) is 0 Å². The number of unbranched alkanes of at least 4 members (excludes halogenated alkanes) is 1. The van der Waals surface area contributed by atoms with Crippen LogP contribution in [-0.4, -0.2) is 50.5 Å². The molecular formula is C17H33IN4O. The van der Waals surface area contributed by atoms with E-state index in [1.54, 1.807) is 25.1 Å². The number of rotatable bonds is 9. The zero-order chi connectivity index (χ0) is 16.2. The topological polar surface area (TPSA) is 56.7 Å². The Bertz CT molecular complexity index is 366. The molecule has 5 nitrogen and oxygen atoms in total. The Morgan fingerprint density at radius 1 is 1.26 bits per heavy atom. The number of carbonyl (C=O) groups is 1. The monoisotopic (exact) mass is 436 g/mol. The molecule has 1 aliphatic carbocycles. The van der Waals surface area contributed by atoms with Crippen LogP contribution in [0.1, 0.15) is 44.9 Å². The summed E-state index contributed by atoms with van der Waals surface area (Å²) in [6, 6.07) is 0. The van der Waals surface area contributed by atoms with Crippen LogP contribution >= 0.6 is 24.0 Å². The number of nitrogens with one attached hydrogen (secondary N) is 2. The van der Waals surface area contributed by atoms with Gasteiger partial charge >= 0.3 is 0 Å². The molecule has 0 heterocycles. The Balaban J connectivity index is 0.00000484. The molecule has 0 aliphatic heterocycles. The fourth-order valence-corrected chi connectivity index (χ4v) is 2.70. The van der Waals surface area contributed by atoms with Crippen molar-refractivity contribution in [1.82, 2.24) is 15.5 Å². The van der Waals surface area contributed by atoms with Crippen LogP contribution in [0.4, 0.5) is 0 Å². The molecule has 0 saturated heterocycles. The molecule has 1 rings (SSSR count). The molecule has 134 valence electrons. The van der Waals surface area contributed by atoms with Gasteiger partial charge in [-0.05, 0) is 12.3 Å². The van der Waals surface area contributed by atoms with E-state index in [0.29, 0.717) is 12.5 Å². The molecule has 0 spiro atoms. The zero-order valence-electron chi connectivity index (χ0n) is 14.6. The van der Waals surface area contributed by atoms with Crippen molar-refractivity contribution < 1.29 is 4.79 Å². The van der Waals surface area contributed by atoms with E-state index in [2.05, 4.69) is 22.2 Å². The van der Waals surface area contributed by atoms with Crippen molar-refractivity contribution in [3.63, 3.8) is 0 Å². The summed E-state index contributed by atoms with van der Waals surface area (Å²) >= 11 is 0. The third-order valence-corrected chi connectivity index (χ3v) is 4.09. The van der Waals surface area contributed by atoms with Crippen LogP contribution < -0.4 is 10.6 Å². The summed E-state index contributed by atoms with van der Waals surface area (Å²) in [5.74, 6) is 1.65. The summed E-state index contributed by atoms with van der Waals surface area (Å²) in [5.41, 5.74) is 0. The van der Waals surface area contributed by atoms with E-state index in [-0.39, 0.29) is 36.4 Å². The normalized spacial score (nSPS) is 15.0. The molecule has 0 aromatic carbocycles. The van der Waals surface area contributed by atoms with Gasteiger partial charge in [0.2, 0.25) is 5.91 Å². The quantitative estimate of drug-likeness (QED) is 0.192. The highest BCUT2D eigenvalue weighted by atomic mass is 127.